The first-order valence-electron chi connectivity index (χ1n) is 7.63. The summed E-state index contributed by atoms with van der Waals surface area (Å²) in [5.41, 5.74) is 0. The summed E-state index contributed by atoms with van der Waals surface area (Å²) in [6.07, 6.45) is 0. The topological polar surface area (TPSA) is 65.7 Å². The molecule has 0 unspecified atom stereocenters. The molecule has 21 heavy (non-hydrogen) atoms. The lowest BCUT2D eigenvalue weighted by Crippen LogP contribution is -2.49. The Balaban J connectivity index is 1.74. The Hall–Kier alpha value is -1.47. The van der Waals surface area contributed by atoms with Gasteiger partial charge in [-0.3, -0.25) is 14.6 Å². The monoisotopic (exact) mass is 295 g/mol. The molecule has 0 bridgehead atoms. The van der Waals surface area contributed by atoms with Gasteiger partial charge in [-0.2, -0.15) is 0 Å². The Morgan fingerprint density at radius 2 is 1.76 bits per heavy atom. The van der Waals surface area contributed by atoms with E-state index < -0.39 is 0 Å². The summed E-state index contributed by atoms with van der Waals surface area (Å²) in [6.45, 7) is 12.3. The maximum atomic E-state index is 12.1. The van der Waals surface area contributed by atoms with E-state index in [2.05, 4.69) is 20.0 Å². The highest BCUT2D eigenvalue weighted by Gasteiger charge is 2.21. The molecule has 0 saturated carbocycles. The summed E-state index contributed by atoms with van der Waals surface area (Å²) in [6, 6.07) is 0. The van der Waals surface area contributed by atoms with E-state index in [0.29, 0.717) is 24.9 Å². The average Bonchev–Trinajstić information content (AvgIpc) is 2.88. The van der Waals surface area contributed by atoms with Gasteiger partial charge in [-0.1, -0.05) is 0 Å². The molecule has 0 atom stereocenters. The van der Waals surface area contributed by atoms with Gasteiger partial charge in [0, 0.05) is 46.2 Å². The number of hydrogen-bond acceptors (Lipinski definition) is 6. The second kappa shape index (κ2) is 7.51. The predicted molar refractivity (Wildman–Crippen MR) is 78.7 cm³/mol. The molecule has 0 N–H and O–H groups in total. The minimum atomic E-state index is 0.223. The third kappa shape index (κ3) is 4.50. The molecule has 2 rings (SSSR count). The number of aryl methyl sites for hydroxylation is 1. The molecule has 1 aromatic rings. The number of carbonyl (C=O) groups excluding carboxylic acids is 1. The third-order valence-corrected chi connectivity index (χ3v) is 3.87. The van der Waals surface area contributed by atoms with Crippen molar-refractivity contribution < 1.29 is 9.21 Å². The SMILES string of the molecule is CCN(CC)C(=O)CN1CCN(Cc2nnc(C)o2)CC1. The Bertz CT molecular complexity index is 450. The van der Waals surface area contributed by atoms with Gasteiger partial charge in [0.25, 0.3) is 0 Å². The fraction of sp³-hybridized carbons (Fsp3) is 0.786. The number of likely N-dealkylation sites (N-methyl/N-ethyl adjacent to an activating group) is 1. The number of nitrogens with zero attached hydrogens (tertiary/aromatic N) is 5. The Morgan fingerprint density at radius 1 is 1.14 bits per heavy atom. The van der Waals surface area contributed by atoms with Gasteiger partial charge >= 0.3 is 0 Å². The summed E-state index contributed by atoms with van der Waals surface area (Å²) >= 11 is 0. The zero-order valence-electron chi connectivity index (χ0n) is 13.2. The lowest BCUT2D eigenvalue weighted by atomic mass is 10.3. The molecule has 118 valence electrons. The van der Waals surface area contributed by atoms with Gasteiger partial charge in [0.2, 0.25) is 17.7 Å². The van der Waals surface area contributed by atoms with Gasteiger partial charge in [-0.15, -0.1) is 10.2 Å². The van der Waals surface area contributed by atoms with Crippen molar-refractivity contribution in [3.63, 3.8) is 0 Å². The number of piperazine rings is 1. The molecule has 2 heterocycles. The highest BCUT2D eigenvalue weighted by Crippen LogP contribution is 2.08. The van der Waals surface area contributed by atoms with E-state index in [-0.39, 0.29) is 5.91 Å². The van der Waals surface area contributed by atoms with Crippen molar-refractivity contribution in [2.24, 2.45) is 0 Å². The van der Waals surface area contributed by atoms with Gasteiger partial charge in [0.15, 0.2) is 0 Å². The number of amides is 1. The van der Waals surface area contributed by atoms with Crippen LogP contribution in [-0.2, 0) is 11.3 Å². The molecular formula is C14H25N5O2. The van der Waals surface area contributed by atoms with E-state index in [1.165, 1.54) is 0 Å². The fourth-order valence-electron chi connectivity index (χ4n) is 2.57. The van der Waals surface area contributed by atoms with Crippen molar-refractivity contribution in [3.05, 3.63) is 11.8 Å². The molecule has 0 radical (unpaired) electrons. The number of hydrogen-bond donors (Lipinski definition) is 0. The molecule has 7 nitrogen and oxygen atoms in total. The largest absolute Gasteiger partial charge is 0.424 e. The second-order valence-corrected chi connectivity index (χ2v) is 5.33. The van der Waals surface area contributed by atoms with Crippen molar-refractivity contribution in [1.82, 2.24) is 24.9 Å². The lowest BCUT2D eigenvalue weighted by Gasteiger charge is -2.34. The third-order valence-electron chi connectivity index (χ3n) is 3.87. The quantitative estimate of drug-likeness (QED) is 0.755. The molecule has 1 saturated heterocycles. The van der Waals surface area contributed by atoms with Gasteiger partial charge < -0.3 is 9.32 Å². The van der Waals surface area contributed by atoms with E-state index in [0.717, 1.165) is 39.3 Å². The Labute approximate surface area is 125 Å². The summed E-state index contributed by atoms with van der Waals surface area (Å²) in [7, 11) is 0. The van der Waals surface area contributed by atoms with E-state index >= 15 is 0 Å². The predicted octanol–water partition coefficient (Wildman–Crippen LogP) is 0.364. The van der Waals surface area contributed by atoms with Gasteiger partial charge in [-0.05, 0) is 13.8 Å². The highest BCUT2D eigenvalue weighted by atomic mass is 16.4. The van der Waals surface area contributed by atoms with Crippen LogP contribution in [0, 0.1) is 6.92 Å². The van der Waals surface area contributed by atoms with Crippen LogP contribution < -0.4 is 0 Å². The minimum absolute atomic E-state index is 0.223. The van der Waals surface area contributed by atoms with Gasteiger partial charge in [0.05, 0.1) is 13.1 Å². The molecule has 0 spiro atoms. The first-order valence-corrected chi connectivity index (χ1v) is 7.63. The van der Waals surface area contributed by atoms with Crippen molar-refractivity contribution in [2.45, 2.75) is 27.3 Å². The maximum Gasteiger partial charge on any atom is 0.236 e. The van der Waals surface area contributed by atoms with Crippen LogP contribution in [0.3, 0.4) is 0 Å². The smallest absolute Gasteiger partial charge is 0.236 e. The molecule has 7 heteroatoms. The highest BCUT2D eigenvalue weighted by molar-refractivity contribution is 5.78. The molecule has 1 fully saturated rings. The summed E-state index contributed by atoms with van der Waals surface area (Å²) < 4.78 is 5.40. The van der Waals surface area contributed by atoms with E-state index in [1.807, 2.05) is 18.7 Å². The van der Waals surface area contributed by atoms with Crippen molar-refractivity contribution in [3.8, 4) is 0 Å². The van der Waals surface area contributed by atoms with E-state index in [9.17, 15) is 4.79 Å². The van der Waals surface area contributed by atoms with Crippen molar-refractivity contribution >= 4 is 5.91 Å². The minimum Gasteiger partial charge on any atom is -0.424 e. The number of aromatic nitrogens is 2. The first kappa shape index (κ1) is 15.9. The number of carbonyl (C=O) groups is 1. The molecule has 1 aliphatic rings. The normalized spacial score (nSPS) is 17.1. The van der Waals surface area contributed by atoms with Crippen LogP contribution in [0.1, 0.15) is 25.6 Å². The molecular weight excluding hydrogens is 270 g/mol. The van der Waals surface area contributed by atoms with Crippen LogP contribution in [0.4, 0.5) is 0 Å². The molecule has 1 amide bonds. The van der Waals surface area contributed by atoms with Gasteiger partial charge in [-0.25, -0.2) is 0 Å². The van der Waals surface area contributed by atoms with E-state index in [1.54, 1.807) is 6.92 Å². The second-order valence-electron chi connectivity index (χ2n) is 5.33. The standard InChI is InChI=1S/C14H25N5O2/c1-4-19(5-2)14(20)11-18-8-6-17(7-9-18)10-13-16-15-12(3)21-13/h4-11H2,1-3H3. The summed E-state index contributed by atoms with van der Waals surface area (Å²) in [5.74, 6) is 1.49. The zero-order valence-corrected chi connectivity index (χ0v) is 13.2. The summed E-state index contributed by atoms with van der Waals surface area (Å²) in [4.78, 5) is 18.5. The fourth-order valence-corrected chi connectivity index (χ4v) is 2.57. The van der Waals surface area contributed by atoms with E-state index in [4.69, 9.17) is 4.42 Å². The first-order chi connectivity index (χ1) is 10.1. The maximum absolute atomic E-state index is 12.1. The van der Waals surface area contributed by atoms with Crippen LogP contribution in [0.25, 0.3) is 0 Å². The molecule has 0 aliphatic carbocycles. The molecule has 1 aliphatic heterocycles. The van der Waals surface area contributed by atoms with Crippen LogP contribution in [0.5, 0.6) is 0 Å². The summed E-state index contributed by atoms with van der Waals surface area (Å²) in [5, 5.41) is 7.86. The average molecular weight is 295 g/mol. The molecule has 1 aromatic heterocycles. The van der Waals surface area contributed by atoms with Crippen LogP contribution in [-0.4, -0.2) is 76.6 Å². The van der Waals surface area contributed by atoms with Gasteiger partial charge in [0.1, 0.15) is 0 Å². The van der Waals surface area contributed by atoms with Crippen LogP contribution in [0.2, 0.25) is 0 Å². The lowest BCUT2D eigenvalue weighted by molar-refractivity contribution is -0.132. The van der Waals surface area contributed by atoms with Crippen LogP contribution in [0.15, 0.2) is 4.42 Å². The number of rotatable bonds is 6. The van der Waals surface area contributed by atoms with Crippen molar-refractivity contribution in [2.75, 3.05) is 45.8 Å². The Morgan fingerprint density at radius 3 is 2.29 bits per heavy atom. The van der Waals surface area contributed by atoms with Crippen molar-refractivity contribution in [1.29, 1.82) is 0 Å². The Kier molecular flexibility index (Phi) is 5.69. The molecule has 0 aromatic carbocycles. The van der Waals surface area contributed by atoms with Crippen LogP contribution >= 0.6 is 0 Å². The zero-order chi connectivity index (χ0) is 15.2.